The second-order valence-electron chi connectivity index (χ2n) is 4.45. The number of nitrogens with one attached hydrogen (secondary N) is 1. The number of aromatic nitrogens is 1. The molecule has 1 heterocycles. The molecule has 1 aromatic rings. The van der Waals surface area contributed by atoms with Crippen molar-refractivity contribution in [1.82, 2.24) is 10.5 Å². The van der Waals surface area contributed by atoms with Gasteiger partial charge in [-0.3, -0.25) is 0 Å². The highest BCUT2D eigenvalue weighted by molar-refractivity contribution is 7.99. The zero-order chi connectivity index (χ0) is 13.0. The summed E-state index contributed by atoms with van der Waals surface area (Å²) < 4.78 is 4.96. The lowest BCUT2D eigenvalue weighted by Crippen LogP contribution is -2.25. The predicted octanol–water partition coefficient (Wildman–Crippen LogP) is 2.14. The molecule has 2 atom stereocenters. The monoisotopic (exact) mass is 270 g/mol. The van der Waals surface area contributed by atoms with E-state index in [2.05, 4.69) is 17.4 Å². The Balaban J connectivity index is 1.76. The molecule has 0 bridgehead atoms. The van der Waals surface area contributed by atoms with Crippen molar-refractivity contribution in [3.8, 4) is 0 Å². The molecule has 2 unspecified atom stereocenters. The third kappa shape index (κ3) is 3.49. The van der Waals surface area contributed by atoms with Crippen LogP contribution in [0.4, 0.5) is 0 Å². The quantitative estimate of drug-likeness (QED) is 0.825. The number of nitrogens with zero attached hydrogens (tertiary/aromatic N) is 1. The molecular weight excluding hydrogens is 252 g/mol. The van der Waals surface area contributed by atoms with E-state index in [4.69, 9.17) is 9.63 Å². The second-order valence-corrected chi connectivity index (χ2v) is 6.03. The van der Waals surface area contributed by atoms with Crippen molar-refractivity contribution >= 4 is 17.7 Å². The molecule has 1 fully saturated rings. The van der Waals surface area contributed by atoms with E-state index in [1.54, 1.807) is 0 Å². The van der Waals surface area contributed by atoms with Gasteiger partial charge in [0, 0.05) is 17.4 Å². The number of hydrogen-bond donors (Lipinski definition) is 2. The lowest BCUT2D eigenvalue weighted by Gasteiger charge is -2.11. The van der Waals surface area contributed by atoms with E-state index < -0.39 is 5.97 Å². The standard InChI is InChI=1S/C12H18N2O3S/c1-2-18-10-4-3-8(5-10)13-7-9-6-11(12(15)16)14-17-9/h6,8,10,13H,2-5,7H2,1H3,(H,15,16). The van der Waals surface area contributed by atoms with E-state index in [0.29, 0.717) is 18.3 Å². The zero-order valence-electron chi connectivity index (χ0n) is 10.4. The van der Waals surface area contributed by atoms with Crippen molar-refractivity contribution < 1.29 is 14.4 Å². The highest BCUT2D eigenvalue weighted by atomic mass is 32.2. The van der Waals surface area contributed by atoms with Crippen molar-refractivity contribution in [3.63, 3.8) is 0 Å². The second kappa shape index (κ2) is 6.24. The SMILES string of the molecule is CCSC1CCC(NCc2cc(C(=O)O)no2)C1. The maximum absolute atomic E-state index is 10.6. The van der Waals surface area contributed by atoms with E-state index in [-0.39, 0.29) is 5.69 Å². The van der Waals surface area contributed by atoms with Crippen LogP contribution in [0.25, 0.3) is 0 Å². The number of rotatable bonds is 6. The largest absolute Gasteiger partial charge is 0.476 e. The number of carbonyl (C=O) groups is 1. The van der Waals surface area contributed by atoms with Crippen LogP contribution in [0.3, 0.4) is 0 Å². The fourth-order valence-electron chi connectivity index (χ4n) is 2.25. The van der Waals surface area contributed by atoms with Gasteiger partial charge in [-0.25, -0.2) is 4.79 Å². The summed E-state index contributed by atoms with van der Waals surface area (Å²) in [5.74, 6) is 0.700. The van der Waals surface area contributed by atoms with Gasteiger partial charge in [0.1, 0.15) is 0 Å². The Labute approximate surface area is 110 Å². The van der Waals surface area contributed by atoms with Gasteiger partial charge in [-0.2, -0.15) is 11.8 Å². The van der Waals surface area contributed by atoms with Gasteiger partial charge in [0.15, 0.2) is 11.5 Å². The number of thioether (sulfide) groups is 1. The molecule has 2 N–H and O–H groups in total. The molecule has 18 heavy (non-hydrogen) atoms. The highest BCUT2D eigenvalue weighted by Gasteiger charge is 2.24. The average molecular weight is 270 g/mol. The minimum absolute atomic E-state index is 0.0300. The first-order valence-corrected chi connectivity index (χ1v) is 7.27. The molecule has 1 saturated carbocycles. The van der Waals surface area contributed by atoms with Gasteiger partial charge in [-0.1, -0.05) is 12.1 Å². The maximum atomic E-state index is 10.6. The summed E-state index contributed by atoms with van der Waals surface area (Å²) in [6, 6.07) is 1.98. The Bertz CT molecular complexity index is 408. The van der Waals surface area contributed by atoms with Crippen LogP contribution in [0.5, 0.6) is 0 Å². The maximum Gasteiger partial charge on any atom is 0.358 e. The summed E-state index contributed by atoms with van der Waals surface area (Å²) in [5.41, 5.74) is -0.0300. The summed E-state index contributed by atoms with van der Waals surface area (Å²) in [4.78, 5) is 10.6. The Morgan fingerprint density at radius 3 is 3.17 bits per heavy atom. The molecule has 0 aromatic carbocycles. The van der Waals surface area contributed by atoms with E-state index in [1.807, 2.05) is 11.8 Å². The number of hydrogen-bond acceptors (Lipinski definition) is 5. The third-order valence-electron chi connectivity index (χ3n) is 3.13. The van der Waals surface area contributed by atoms with E-state index in [1.165, 1.54) is 31.1 Å². The van der Waals surface area contributed by atoms with E-state index in [0.717, 1.165) is 5.25 Å². The first-order valence-electron chi connectivity index (χ1n) is 6.23. The minimum Gasteiger partial charge on any atom is -0.476 e. The summed E-state index contributed by atoms with van der Waals surface area (Å²) in [5, 5.41) is 16.4. The number of aromatic carboxylic acids is 1. The normalized spacial score (nSPS) is 23.4. The molecule has 0 saturated heterocycles. The van der Waals surface area contributed by atoms with E-state index >= 15 is 0 Å². The van der Waals surface area contributed by atoms with Gasteiger partial charge in [-0.05, 0) is 25.0 Å². The van der Waals surface area contributed by atoms with Crippen LogP contribution in [0.1, 0.15) is 42.4 Å². The summed E-state index contributed by atoms with van der Waals surface area (Å²) in [7, 11) is 0. The van der Waals surface area contributed by atoms with Gasteiger partial charge in [0.2, 0.25) is 0 Å². The van der Waals surface area contributed by atoms with Crippen molar-refractivity contribution in [2.45, 2.75) is 44.0 Å². The molecule has 1 aromatic heterocycles. The predicted molar refractivity (Wildman–Crippen MR) is 69.9 cm³/mol. The molecule has 0 amide bonds. The van der Waals surface area contributed by atoms with Crippen molar-refractivity contribution in [2.75, 3.05) is 5.75 Å². The van der Waals surface area contributed by atoms with Gasteiger partial charge >= 0.3 is 5.97 Å². The fraction of sp³-hybridized carbons (Fsp3) is 0.667. The van der Waals surface area contributed by atoms with Crippen LogP contribution in [-0.4, -0.2) is 33.3 Å². The van der Waals surface area contributed by atoms with Crippen LogP contribution < -0.4 is 5.32 Å². The lowest BCUT2D eigenvalue weighted by molar-refractivity contribution is 0.0685. The number of carboxylic acid groups (broad SMARTS) is 1. The molecular formula is C12H18N2O3S. The molecule has 5 nitrogen and oxygen atoms in total. The van der Waals surface area contributed by atoms with E-state index in [9.17, 15) is 4.79 Å². The van der Waals surface area contributed by atoms with Crippen LogP contribution >= 0.6 is 11.8 Å². The minimum atomic E-state index is -1.05. The topological polar surface area (TPSA) is 75.4 Å². The number of carboxylic acids is 1. The van der Waals surface area contributed by atoms with Gasteiger partial charge in [0.25, 0.3) is 0 Å². The van der Waals surface area contributed by atoms with Gasteiger partial charge in [0.05, 0.1) is 6.54 Å². The third-order valence-corrected chi connectivity index (χ3v) is 4.36. The molecule has 1 aliphatic rings. The molecule has 0 aliphatic heterocycles. The van der Waals surface area contributed by atoms with Crippen molar-refractivity contribution in [2.24, 2.45) is 0 Å². The smallest absolute Gasteiger partial charge is 0.358 e. The summed E-state index contributed by atoms with van der Waals surface area (Å²) in [6.07, 6.45) is 3.61. The Hall–Kier alpha value is -1.01. The Morgan fingerprint density at radius 1 is 1.67 bits per heavy atom. The molecule has 1 aliphatic carbocycles. The lowest BCUT2D eigenvalue weighted by atomic mass is 10.2. The van der Waals surface area contributed by atoms with Crippen LogP contribution in [0, 0.1) is 0 Å². The van der Waals surface area contributed by atoms with Gasteiger partial charge < -0.3 is 14.9 Å². The zero-order valence-corrected chi connectivity index (χ0v) is 11.2. The van der Waals surface area contributed by atoms with Crippen molar-refractivity contribution in [3.05, 3.63) is 17.5 Å². The first-order chi connectivity index (χ1) is 8.69. The van der Waals surface area contributed by atoms with Gasteiger partial charge in [-0.15, -0.1) is 0 Å². The molecule has 0 spiro atoms. The fourth-order valence-corrected chi connectivity index (χ4v) is 3.40. The average Bonchev–Trinajstić information content (AvgIpc) is 2.95. The molecule has 0 radical (unpaired) electrons. The molecule has 2 rings (SSSR count). The van der Waals surface area contributed by atoms with Crippen LogP contribution in [0.2, 0.25) is 0 Å². The molecule has 100 valence electrons. The summed E-state index contributed by atoms with van der Waals surface area (Å²) >= 11 is 2.02. The Morgan fingerprint density at radius 2 is 2.50 bits per heavy atom. The van der Waals surface area contributed by atoms with Crippen molar-refractivity contribution in [1.29, 1.82) is 0 Å². The first kappa shape index (κ1) is 13.4. The van der Waals surface area contributed by atoms with Crippen LogP contribution in [0.15, 0.2) is 10.6 Å². The summed E-state index contributed by atoms with van der Waals surface area (Å²) in [6.45, 7) is 2.74. The molecule has 6 heteroatoms. The van der Waals surface area contributed by atoms with Crippen LogP contribution in [-0.2, 0) is 6.54 Å². The highest BCUT2D eigenvalue weighted by Crippen LogP contribution is 2.29. The Kier molecular flexibility index (Phi) is 4.66.